The first-order valence-corrected chi connectivity index (χ1v) is 8.47. The second-order valence-corrected chi connectivity index (χ2v) is 6.71. The maximum absolute atomic E-state index is 11.5. The fourth-order valence-corrected chi connectivity index (χ4v) is 2.74. The van der Waals surface area contributed by atoms with Gasteiger partial charge in [-0.05, 0) is 36.8 Å². The second kappa shape index (κ2) is 6.50. The first kappa shape index (κ1) is 15.9. The van der Waals surface area contributed by atoms with Gasteiger partial charge >= 0.3 is 0 Å². The van der Waals surface area contributed by atoms with Crippen LogP contribution in [0, 0.1) is 11.3 Å². The van der Waals surface area contributed by atoms with E-state index in [0.29, 0.717) is 17.9 Å². The van der Waals surface area contributed by atoms with E-state index in [1.807, 2.05) is 22.8 Å². The molecule has 0 aliphatic heterocycles. The number of hydrogen-bond acceptors (Lipinski definition) is 3. The highest BCUT2D eigenvalue weighted by Crippen LogP contribution is 2.24. The van der Waals surface area contributed by atoms with Gasteiger partial charge in [0.15, 0.2) is 0 Å². The van der Waals surface area contributed by atoms with Gasteiger partial charge in [-0.1, -0.05) is 18.2 Å². The van der Waals surface area contributed by atoms with Gasteiger partial charge in [0, 0.05) is 17.9 Å². The summed E-state index contributed by atoms with van der Waals surface area (Å²) in [5, 5.41) is 9.12. The predicted octanol–water partition coefficient (Wildman–Crippen LogP) is 2.97. The number of nitriles is 1. The average molecular weight is 315 g/mol. The molecular weight excluding hydrogens is 298 g/mol. The van der Waals surface area contributed by atoms with E-state index in [1.54, 1.807) is 31.2 Å². The highest BCUT2D eigenvalue weighted by Gasteiger charge is 2.10. The van der Waals surface area contributed by atoms with Crippen molar-refractivity contribution < 1.29 is 8.42 Å². The van der Waals surface area contributed by atoms with E-state index >= 15 is 0 Å². The fraction of sp³-hybridized carbons (Fsp3) is 0.188. The van der Waals surface area contributed by atoms with E-state index < -0.39 is 10.0 Å². The number of benzene rings is 1. The molecule has 2 rings (SSSR count). The minimum absolute atomic E-state index is 0.0302. The molecule has 2 aromatic rings. The van der Waals surface area contributed by atoms with E-state index in [0.717, 1.165) is 11.3 Å². The Kier molecular flexibility index (Phi) is 4.68. The van der Waals surface area contributed by atoms with Crippen molar-refractivity contribution in [2.24, 2.45) is 0 Å². The van der Waals surface area contributed by atoms with E-state index in [9.17, 15) is 8.42 Å². The molecule has 0 aliphatic carbocycles. The van der Waals surface area contributed by atoms with Gasteiger partial charge in [0.05, 0.1) is 5.75 Å². The third kappa shape index (κ3) is 3.38. The first-order chi connectivity index (χ1) is 10.5. The van der Waals surface area contributed by atoms with Crippen molar-refractivity contribution in [2.75, 3.05) is 10.5 Å². The number of rotatable bonds is 6. The van der Waals surface area contributed by atoms with Crippen molar-refractivity contribution in [2.45, 2.75) is 13.5 Å². The van der Waals surface area contributed by atoms with Crippen molar-refractivity contribution in [3.63, 3.8) is 0 Å². The highest BCUT2D eigenvalue weighted by molar-refractivity contribution is 7.92. The van der Waals surface area contributed by atoms with Gasteiger partial charge in [-0.3, -0.25) is 4.72 Å². The Morgan fingerprint density at radius 2 is 1.95 bits per heavy atom. The van der Waals surface area contributed by atoms with Crippen LogP contribution >= 0.6 is 0 Å². The highest BCUT2D eigenvalue weighted by atomic mass is 32.2. The van der Waals surface area contributed by atoms with Crippen LogP contribution in [0.25, 0.3) is 11.3 Å². The number of aromatic nitrogens is 1. The number of nitrogens with one attached hydrogen (secondary N) is 1. The largest absolute Gasteiger partial charge is 0.328 e. The molecule has 0 spiro atoms. The summed E-state index contributed by atoms with van der Waals surface area (Å²) in [4.78, 5) is 0. The lowest BCUT2D eigenvalue weighted by molar-refractivity contribution is 0.602. The molecule has 0 unspecified atom stereocenters. The van der Waals surface area contributed by atoms with Crippen LogP contribution in [0.3, 0.4) is 0 Å². The molecule has 0 radical (unpaired) electrons. The Balaban J connectivity index is 2.34. The summed E-state index contributed by atoms with van der Waals surface area (Å²) >= 11 is 0. The van der Waals surface area contributed by atoms with Gasteiger partial charge in [0.1, 0.15) is 11.8 Å². The molecule has 1 N–H and O–H groups in total. The molecule has 5 nitrogen and oxygen atoms in total. The zero-order valence-corrected chi connectivity index (χ0v) is 13.1. The molecule has 0 fully saturated rings. The van der Waals surface area contributed by atoms with Gasteiger partial charge in [-0.25, -0.2) is 8.42 Å². The average Bonchev–Trinajstić information content (AvgIpc) is 2.91. The van der Waals surface area contributed by atoms with E-state index in [-0.39, 0.29) is 5.75 Å². The summed E-state index contributed by atoms with van der Waals surface area (Å²) in [5.41, 5.74) is 2.88. The standard InChI is InChI=1S/C16H17N3O2S/c1-3-11-19-15(12-17)9-10-16(19)13-5-7-14(8-6-13)18-22(20,21)4-2/h3,5-10,18H,1,4,11H2,2H3. The molecule has 0 saturated carbocycles. The van der Waals surface area contributed by atoms with Crippen molar-refractivity contribution in [1.82, 2.24) is 4.57 Å². The van der Waals surface area contributed by atoms with E-state index in [2.05, 4.69) is 17.4 Å². The van der Waals surface area contributed by atoms with Gasteiger partial charge < -0.3 is 4.57 Å². The lowest BCUT2D eigenvalue weighted by atomic mass is 10.1. The van der Waals surface area contributed by atoms with Crippen LogP contribution in [0.5, 0.6) is 0 Å². The van der Waals surface area contributed by atoms with Crippen LogP contribution in [0.4, 0.5) is 5.69 Å². The molecule has 1 heterocycles. The molecule has 1 aromatic heterocycles. The third-order valence-electron chi connectivity index (χ3n) is 3.24. The van der Waals surface area contributed by atoms with E-state index in [4.69, 9.17) is 5.26 Å². The Bertz CT molecular complexity index is 812. The maximum atomic E-state index is 11.5. The van der Waals surface area contributed by atoms with Crippen LogP contribution in [0.1, 0.15) is 12.6 Å². The molecule has 1 aromatic carbocycles. The van der Waals surface area contributed by atoms with E-state index in [1.165, 1.54) is 0 Å². The Morgan fingerprint density at radius 1 is 1.27 bits per heavy atom. The SMILES string of the molecule is C=CCn1c(C#N)ccc1-c1ccc(NS(=O)(=O)CC)cc1. The zero-order valence-electron chi connectivity index (χ0n) is 12.3. The lowest BCUT2D eigenvalue weighted by Crippen LogP contribution is -2.14. The number of anilines is 1. The van der Waals surface area contributed by atoms with Crippen molar-refractivity contribution in [3.8, 4) is 17.3 Å². The molecule has 0 aliphatic rings. The topological polar surface area (TPSA) is 74.9 Å². The molecule has 6 heteroatoms. The first-order valence-electron chi connectivity index (χ1n) is 6.82. The quantitative estimate of drug-likeness (QED) is 0.833. The minimum Gasteiger partial charge on any atom is -0.328 e. The van der Waals surface area contributed by atoms with Crippen LogP contribution in [0.2, 0.25) is 0 Å². The Labute approximate surface area is 130 Å². The van der Waals surface area contributed by atoms with Crippen LogP contribution in [-0.4, -0.2) is 18.7 Å². The molecule has 0 saturated heterocycles. The fourth-order valence-electron chi connectivity index (χ4n) is 2.10. The van der Waals surface area contributed by atoms with Crippen molar-refractivity contribution in [1.29, 1.82) is 5.26 Å². The molecule has 0 amide bonds. The number of allylic oxidation sites excluding steroid dienone is 1. The van der Waals surface area contributed by atoms with Gasteiger partial charge in [0.25, 0.3) is 0 Å². The second-order valence-electron chi connectivity index (χ2n) is 4.70. The Morgan fingerprint density at radius 3 is 2.50 bits per heavy atom. The van der Waals surface area contributed by atoms with Gasteiger partial charge in [-0.15, -0.1) is 6.58 Å². The van der Waals surface area contributed by atoms with Crippen LogP contribution < -0.4 is 4.72 Å². The van der Waals surface area contributed by atoms with Crippen LogP contribution in [0.15, 0.2) is 49.1 Å². The summed E-state index contributed by atoms with van der Waals surface area (Å²) in [7, 11) is -3.28. The molecular formula is C16H17N3O2S. The third-order valence-corrected chi connectivity index (χ3v) is 4.55. The molecule has 0 atom stereocenters. The predicted molar refractivity (Wildman–Crippen MR) is 87.9 cm³/mol. The van der Waals surface area contributed by atoms with Gasteiger partial charge in [0.2, 0.25) is 10.0 Å². The summed E-state index contributed by atoms with van der Waals surface area (Å²) in [5.74, 6) is 0.0302. The minimum atomic E-state index is -3.28. The maximum Gasteiger partial charge on any atom is 0.232 e. The summed E-state index contributed by atoms with van der Waals surface area (Å²) < 4.78 is 27.4. The van der Waals surface area contributed by atoms with Crippen LogP contribution in [-0.2, 0) is 16.6 Å². The summed E-state index contributed by atoms with van der Waals surface area (Å²) in [6, 6.07) is 12.8. The number of hydrogen-bond donors (Lipinski definition) is 1. The number of sulfonamides is 1. The van der Waals surface area contributed by atoms with Gasteiger partial charge in [-0.2, -0.15) is 5.26 Å². The monoisotopic (exact) mass is 315 g/mol. The Hall–Kier alpha value is -2.52. The van der Waals surface area contributed by atoms with Crippen molar-refractivity contribution in [3.05, 3.63) is 54.7 Å². The molecule has 0 bridgehead atoms. The zero-order chi connectivity index (χ0) is 16.2. The van der Waals surface area contributed by atoms with Crippen molar-refractivity contribution >= 4 is 15.7 Å². The summed E-state index contributed by atoms with van der Waals surface area (Å²) in [6.07, 6.45) is 1.73. The summed E-state index contributed by atoms with van der Waals surface area (Å²) in [6.45, 7) is 5.83. The molecule has 22 heavy (non-hydrogen) atoms. The smallest absolute Gasteiger partial charge is 0.232 e. The molecule has 114 valence electrons. The normalized spacial score (nSPS) is 10.9. The lowest BCUT2D eigenvalue weighted by Gasteiger charge is -2.10. The number of nitrogens with zero attached hydrogens (tertiary/aromatic N) is 2.